The maximum atomic E-state index is 12.7. The first-order valence-electron chi connectivity index (χ1n) is 7.11. The average molecular weight is 342 g/mol. The van der Waals surface area contributed by atoms with Crippen molar-refractivity contribution >= 4 is 17.4 Å². The Morgan fingerprint density at radius 3 is 2.65 bits per heavy atom. The number of amides is 2. The third-order valence-corrected chi connectivity index (χ3v) is 4.15. The van der Waals surface area contributed by atoms with Gasteiger partial charge in [0.15, 0.2) is 0 Å². The molecule has 1 heterocycles. The second-order valence-electron chi connectivity index (χ2n) is 4.95. The van der Waals surface area contributed by atoms with Crippen LogP contribution in [0, 0.1) is 0 Å². The predicted octanol–water partition coefficient (Wildman–Crippen LogP) is 4.50. The summed E-state index contributed by atoms with van der Waals surface area (Å²) < 4.78 is 38.0. The first kappa shape index (κ1) is 17.3. The fraction of sp³-hybridized carbons (Fsp3) is 0.312. The van der Waals surface area contributed by atoms with Gasteiger partial charge in [0.2, 0.25) is 0 Å². The molecule has 2 rings (SSSR count). The number of halogens is 3. The highest BCUT2D eigenvalue weighted by Gasteiger charge is 2.30. The Labute approximate surface area is 136 Å². The zero-order valence-electron chi connectivity index (χ0n) is 12.6. The molecule has 2 aromatic rings. The lowest BCUT2D eigenvalue weighted by molar-refractivity contribution is -0.137. The molecule has 1 N–H and O–H groups in total. The Bertz CT molecular complexity index is 641. The van der Waals surface area contributed by atoms with Gasteiger partial charge in [-0.25, -0.2) is 4.79 Å². The maximum Gasteiger partial charge on any atom is 0.416 e. The molecule has 0 atom stereocenters. The van der Waals surface area contributed by atoms with Crippen LogP contribution in [0.1, 0.15) is 22.9 Å². The number of alkyl halides is 3. The van der Waals surface area contributed by atoms with Crippen LogP contribution in [0.3, 0.4) is 0 Å². The summed E-state index contributed by atoms with van der Waals surface area (Å²) in [5.41, 5.74) is -0.296. The van der Waals surface area contributed by atoms with E-state index in [1.165, 1.54) is 6.07 Å². The molecular weight excluding hydrogens is 325 g/mol. The minimum atomic E-state index is -4.38. The van der Waals surface area contributed by atoms with Gasteiger partial charge in [-0.2, -0.15) is 13.2 Å². The number of hydrogen-bond acceptors (Lipinski definition) is 2. The third-order valence-electron chi connectivity index (χ3n) is 3.29. The molecule has 0 unspecified atom stereocenters. The molecule has 0 bridgehead atoms. The summed E-state index contributed by atoms with van der Waals surface area (Å²) in [6.45, 7) is 2.93. The lowest BCUT2D eigenvalue weighted by atomic mass is 10.1. The number of urea groups is 1. The van der Waals surface area contributed by atoms with Crippen molar-refractivity contribution in [3.05, 3.63) is 57.8 Å². The van der Waals surface area contributed by atoms with E-state index in [9.17, 15) is 18.0 Å². The van der Waals surface area contributed by atoms with Gasteiger partial charge in [-0.05, 0) is 36.1 Å². The fourth-order valence-electron chi connectivity index (χ4n) is 2.06. The summed E-state index contributed by atoms with van der Waals surface area (Å²) in [5, 5.41) is 4.60. The van der Waals surface area contributed by atoms with Crippen LogP contribution in [0.25, 0.3) is 0 Å². The van der Waals surface area contributed by atoms with Crippen molar-refractivity contribution in [3.8, 4) is 0 Å². The Balaban J connectivity index is 1.95. The van der Waals surface area contributed by atoms with E-state index in [0.29, 0.717) is 18.7 Å². The van der Waals surface area contributed by atoms with Gasteiger partial charge in [-0.3, -0.25) is 0 Å². The van der Waals surface area contributed by atoms with Crippen molar-refractivity contribution in [1.82, 2.24) is 10.2 Å². The minimum absolute atomic E-state index is 0.0592. The standard InChI is InChI=1S/C16H17F3N2OS/c1-2-21(11-14-7-4-8-23-14)15(22)20-10-12-5-3-6-13(9-12)16(17,18)19/h3-9H,2,10-11H2,1H3,(H,20,22). The molecule has 1 aromatic carbocycles. The van der Waals surface area contributed by atoms with E-state index in [2.05, 4.69) is 5.32 Å². The van der Waals surface area contributed by atoms with Gasteiger partial charge in [-0.1, -0.05) is 18.2 Å². The number of hydrogen-bond donors (Lipinski definition) is 1. The molecule has 7 heteroatoms. The van der Waals surface area contributed by atoms with Crippen molar-refractivity contribution in [2.24, 2.45) is 0 Å². The Morgan fingerprint density at radius 2 is 2.04 bits per heavy atom. The van der Waals surface area contributed by atoms with E-state index in [4.69, 9.17) is 0 Å². The third kappa shape index (κ3) is 4.99. The van der Waals surface area contributed by atoms with E-state index >= 15 is 0 Å². The van der Waals surface area contributed by atoms with E-state index in [1.54, 1.807) is 22.3 Å². The summed E-state index contributed by atoms with van der Waals surface area (Å²) in [5.74, 6) is 0. The van der Waals surface area contributed by atoms with Crippen molar-refractivity contribution < 1.29 is 18.0 Å². The smallest absolute Gasteiger partial charge is 0.334 e. The van der Waals surface area contributed by atoms with E-state index < -0.39 is 11.7 Å². The van der Waals surface area contributed by atoms with Crippen LogP contribution >= 0.6 is 11.3 Å². The lowest BCUT2D eigenvalue weighted by Gasteiger charge is -2.21. The molecule has 0 saturated carbocycles. The molecule has 2 amide bonds. The van der Waals surface area contributed by atoms with Crippen LogP contribution in [-0.2, 0) is 19.3 Å². The van der Waals surface area contributed by atoms with Crippen LogP contribution in [0.5, 0.6) is 0 Å². The Kier molecular flexibility index (Phi) is 5.65. The molecule has 0 radical (unpaired) electrons. The zero-order chi connectivity index (χ0) is 16.9. The van der Waals surface area contributed by atoms with Crippen molar-refractivity contribution in [1.29, 1.82) is 0 Å². The van der Waals surface area contributed by atoms with Gasteiger partial charge in [-0.15, -0.1) is 11.3 Å². The molecular formula is C16H17F3N2OS. The van der Waals surface area contributed by atoms with Gasteiger partial charge in [0.05, 0.1) is 12.1 Å². The first-order valence-corrected chi connectivity index (χ1v) is 7.99. The van der Waals surface area contributed by atoms with E-state index in [0.717, 1.165) is 17.0 Å². The van der Waals surface area contributed by atoms with E-state index in [-0.39, 0.29) is 12.6 Å². The van der Waals surface area contributed by atoms with Crippen molar-refractivity contribution in [2.45, 2.75) is 26.2 Å². The largest absolute Gasteiger partial charge is 0.416 e. The molecule has 0 aliphatic rings. The quantitative estimate of drug-likeness (QED) is 0.852. The van der Waals surface area contributed by atoms with Gasteiger partial charge < -0.3 is 10.2 Å². The summed E-state index contributed by atoms with van der Waals surface area (Å²) in [6, 6.07) is 8.52. The molecule has 0 aliphatic heterocycles. The second-order valence-corrected chi connectivity index (χ2v) is 5.98. The van der Waals surface area contributed by atoms with Gasteiger partial charge in [0.25, 0.3) is 0 Å². The number of nitrogens with zero attached hydrogens (tertiary/aromatic N) is 1. The molecule has 3 nitrogen and oxygen atoms in total. The average Bonchev–Trinajstić information content (AvgIpc) is 3.03. The van der Waals surface area contributed by atoms with Crippen LogP contribution < -0.4 is 5.32 Å². The molecule has 1 aromatic heterocycles. The number of rotatable bonds is 5. The zero-order valence-corrected chi connectivity index (χ0v) is 13.4. The molecule has 23 heavy (non-hydrogen) atoms. The summed E-state index contributed by atoms with van der Waals surface area (Å²) in [4.78, 5) is 14.8. The summed E-state index contributed by atoms with van der Waals surface area (Å²) >= 11 is 1.56. The number of benzene rings is 1. The van der Waals surface area contributed by atoms with Crippen molar-refractivity contribution in [2.75, 3.05) is 6.54 Å². The summed E-state index contributed by atoms with van der Waals surface area (Å²) in [6.07, 6.45) is -4.38. The summed E-state index contributed by atoms with van der Waals surface area (Å²) in [7, 11) is 0. The minimum Gasteiger partial charge on any atom is -0.334 e. The molecule has 0 spiro atoms. The first-order chi connectivity index (χ1) is 10.9. The van der Waals surface area contributed by atoms with Gasteiger partial charge in [0.1, 0.15) is 0 Å². The number of nitrogens with one attached hydrogen (secondary N) is 1. The monoisotopic (exact) mass is 342 g/mol. The van der Waals surface area contributed by atoms with Crippen molar-refractivity contribution in [3.63, 3.8) is 0 Å². The SMILES string of the molecule is CCN(Cc1cccs1)C(=O)NCc1cccc(C(F)(F)F)c1. The topological polar surface area (TPSA) is 32.3 Å². The van der Waals surface area contributed by atoms with Gasteiger partial charge >= 0.3 is 12.2 Å². The second kappa shape index (κ2) is 7.50. The highest BCUT2D eigenvalue weighted by Crippen LogP contribution is 2.29. The van der Waals surface area contributed by atoms with E-state index in [1.807, 2.05) is 24.4 Å². The van der Waals surface area contributed by atoms with Crippen LogP contribution in [0.2, 0.25) is 0 Å². The van der Waals surface area contributed by atoms with Crippen LogP contribution in [0.4, 0.5) is 18.0 Å². The number of carbonyl (C=O) groups is 1. The molecule has 124 valence electrons. The molecule has 0 aliphatic carbocycles. The maximum absolute atomic E-state index is 12.7. The Hall–Kier alpha value is -2.02. The highest BCUT2D eigenvalue weighted by atomic mass is 32.1. The number of thiophene rings is 1. The van der Waals surface area contributed by atoms with Gasteiger partial charge in [0, 0.05) is 18.0 Å². The number of carbonyl (C=O) groups excluding carboxylic acids is 1. The molecule has 0 fully saturated rings. The lowest BCUT2D eigenvalue weighted by Crippen LogP contribution is -2.38. The Morgan fingerprint density at radius 1 is 1.26 bits per heavy atom. The highest BCUT2D eigenvalue weighted by molar-refractivity contribution is 7.09. The van der Waals surface area contributed by atoms with Crippen LogP contribution in [-0.4, -0.2) is 17.5 Å². The van der Waals surface area contributed by atoms with Crippen LogP contribution in [0.15, 0.2) is 41.8 Å². The molecule has 0 saturated heterocycles. The fourth-order valence-corrected chi connectivity index (χ4v) is 2.78. The predicted molar refractivity (Wildman–Crippen MR) is 84.1 cm³/mol. The normalized spacial score (nSPS) is 11.3.